The van der Waals surface area contributed by atoms with E-state index in [1.54, 1.807) is 0 Å². The maximum Gasteiger partial charge on any atom is 0.346 e. The van der Waals surface area contributed by atoms with Gasteiger partial charge in [0, 0.05) is 0 Å². The molecule has 0 spiro atoms. The second-order valence-electron chi connectivity index (χ2n) is 5.30. The van der Waals surface area contributed by atoms with Gasteiger partial charge in [-0.15, -0.1) is 0 Å². The number of rotatable bonds is 3. The van der Waals surface area contributed by atoms with Crippen molar-refractivity contribution in [1.82, 2.24) is 0 Å². The second kappa shape index (κ2) is 5.86. The molecule has 0 amide bonds. The zero-order valence-electron chi connectivity index (χ0n) is 12.2. The van der Waals surface area contributed by atoms with Crippen molar-refractivity contribution < 1.29 is 14.3 Å². The van der Waals surface area contributed by atoms with Gasteiger partial charge in [0.15, 0.2) is 0 Å². The summed E-state index contributed by atoms with van der Waals surface area (Å²) < 4.78 is 4.67. The van der Waals surface area contributed by atoms with Gasteiger partial charge < -0.3 is 4.74 Å². The van der Waals surface area contributed by atoms with E-state index in [-0.39, 0.29) is 6.42 Å². The van der Waals surface area contributed by atoms with Crippen molar-refractivity contribution in [3.63, 3.8) is 0 Å². The van der Waals surface area contributed by atoms with Gasteiger partial charge in [-0.1, -0.05) is 68.9 Å². The molecule has 1 aliphatic heterocycles. The first kappa shape index (κ1) is 14.7. The average Bonchev–Trinajstić information content (AvgIpc) is 2.86. The molecule has 0 N–H and O–H groups in total. The highest BCUT2D eigenvalue weighted by molar-refractivity contribution is 7.45. The molecule has 1 fully saturated rings. The Morgan fingerprint density at radius 2 is 1.41 bits per heavy atom. The molecule has 2 aromatic carbocycles. The van der Waals surface area contributed by atoms with Gasteiger partial charge in [0.2, 0.25) is 0 Å². The number of esters is 2. The summed E-state index contributed by atoms with van der Waals surface area (Å²) in [6, 6.07) is 20.0. The predicted molar refractivity (Wildman–Crippen MR) is 87.0 cm³/mol. The molecule has 1 aliphatic rings. The maximum absolute atomic E-state index is 11.8. The smallest absolute Gasteiger partial charge is 0.346 e. The zero-order chi connectivity index (χ0) is 15.6. The second-order valence-corrected chi connectivity index (χ2v) is 6.96. The lowest BCUT2D eigenvalue weighted by Crippen LogP contribution is -2.18. The van der Waals surface area contributed by atoms with Gasteiger partial charge in [0.05, 0.1) is 16.9 Å². The number of carbonyl (C=O) groups excluding carboxylic acids is 2. The first-order chi connectivity index (χ1) is 10.6. The Morgan fingerprint density at radius 1 is 0.909 bits per heavy atom. The zero-order valence-corrected chi connectivity index (χ0v) is 13.0. The molecule has 1 saturated heterocycles. The van der Waals surface area contributed by atoms with Gasteiger partial charge in [0.25, 0.3) is 0 Å². The van der Waals surface area contributed by atoms with Crippen LogP contribution < -0.4 is 0 Å². The van der Waals surface area contributed by atoms with E-state index in [1.165, 1.54) is 0 Å². The molecule has 0 saturated carbocycles. The van der Waals surface area contributed by atoms with Crippen LogP contribution in [0.3, 0.4) is 0 Å². The average molecular weight is 310 g/mol. The van der Waals surface area contributed by atoms with Crippen molar-refractivity contribution in [1.29, 1.82) is 0 Å². The minimum atomic E-state index is -0.496. The Kier molecular flexibility index (Phi) is 3.91. The highest BCUT2D eigenvalue weighted by Gasteiger charge is 2.34. The minimum absolute atomic E-state index is 0.0790. The molecular weight excluding hydrogens is 295 g/mol. The van der Waals surface area contributed by atoms with E-state index in [2.05, 4.69) is 11.7 Å². The third-order valence-corrected chi connectivity index (χ3v) is 5.36. The quantitative estimate of drug-likeness (QED) is 0.495. The summed E-state index contributed by atoms with van der Waals surface area (Å²) in [4.78, 5) is 23.2. The van der Waals surface area contributed by atoms with Gasteiger partial charge in [-0.3, -0.25) is 4.79 Å². The molecule has 0 unspecified atom stereocenters. The van der Waals surface area contributed by atoms with Gasteiger partial charge >= 0.3 is 11.9 Å². The van der Waals surface area contributed by atoms with E-state index >= 15 is 0 Å². The lowest BCUT2D eigenvalue weighted by Gasteiger charge is -2.27. The van der Waals surface area contributed by atoms with Crippen molar-refractivity contribution >= 4 is 25.4 Å². The number of carbonyl (C=O) groups is 2. The summed E-state index contributed by atoms with van der Waals surface area (Å²) >= 11 is 0. The fraction of sp³-hybridized carbons (Fsp3) is 0.167. The molecule has 4 heteroatoms. The van der Waals surface area contributed by atoms with E-state index in [0.717, 1.165) is 19.3 Å². The van der Waals surface area contributed by atoms with Crippen molar-refractivity contribution in [2.75, 3.05) is 0 Å². The molecule has 0 bridgehead atoms. The van der Waals surface area contributed by atoms with Crippen LogP contribution in [0.15, 0.2) is 60.7 Å². The molecule has 0 aliphatic carbocycles. The topological polar surface area (TPSA) is 43.4 Å². The summed E-state index contributed by atoms with van der Waals surface area (Å²) in [7, 11) is 0.783. The van der Waals surface area contributed by atoms with Gasteiger partial charge in [-0.05, 0) is 18.1 Å². The van der Waals surface area contributed by atoms with Crippen LogP contribution in [0.1, 0.15) is 24.5 Å². The van der Waals surface area contributed by atoms with Crippen molar-refractivity contribution in [2.24, 2.45) is 0 Å². The Labute approximate surface area is 130 Å². The summed E-state index contributed by atoms with van der Waals surface area (Å²) in [6.07, 6.45) is 0.0790. The monoisotopic (exact) mass is 310 g/mol. The third-order valence-electron chi connectivity index (χ3n) is 3.78. The molecule has 22 heavy (non-hydrogen) atoms. The number of ether oxygens (including phenoxy) is 1. The molecule has 3 rings (SSSR count). The summed E-state index contributed by atoms with van der Waals surface area (Å²) in [6.45, 7) is 2.09. The van der Waals surface area contributed by atoms with Crippen molar-refractivity contribution in [3.8, 4) is 0 Å². The Hall–Kier alpha value is -2.25. The van der Waals surface area contributed by atoms with Crippen molar-refractivity contribution in [2.45, 2.75) is 18.5 Å². The molecule has 1 heterocycles. The van der Waals surface area contributed by atoms with Crippen molar-refractivity contribution in [3.05, 3.63) is 71.8 Å². The minimum Gasteiger partial charge on any atom is -0.389 e. The van der Waals surface area contributed by atoms with Crippen LogP contribution in [-0.4, -0.2) is 17.2 Å². The van der Waals surface area contributed by atoms with E-state index < -0.39 is 17.1 Å². The maximum atomic E-state index is 11.8. The number of cyclic esters (lactones) is 2. The summed E-state index contributed by atoms with van der Waals surface area (Å²) in [5.41, 5.74) is 2.20. The largest absolute Gasteiger partial charge is 0.389 e. The number of benzene rings is 2. The van der Waals surface area contributed by atoms with E-state index in [4.69, 9.17) is 0 Å². The van der Waals surface area contributed by atoms with Gasteiger partial charge in [0.1, 0.15) is 0 Å². The van der Waals surface area contributed by atoms with Crippen LogP contribution in [0.2, 0.25) is 0 Å². The van der Waals surface area contributed by atoms with E-state index in [1.807, 2.05) is 60.7 Å². The lowest BCUT2D eigenvalue weighted by molar-refractivity contribution is -0.150. The van der Waals surface area contributed by atoms with E-state index in [0.29, 0.717) is 5.29 Å². The molecular formula is C18H15O3P. The number of hydrogen-bond acceptors (Lipinski definition) is 3. The molecule has 0 radical (unpaired) electrons. The van der Waals surface area contributed by atoms with Crippen LogP contribution in [0.4, 0.5) is 0 Å². The summed E-state index contributed by atoms with van der Waals surface area (Å²) in [5.74, 6) is -0.958. The molecule has 2 aromatic rings. The number of hydrogen-bond donors (Lipinski definition) is 0. The molecule has 3 nitrogen and oxygen atoms in total. The predicted octanol–water partition coefficient (Wildman–Crippen LogP) is 3.54. The van der Waals surface area contributed by atoms with Crippen LogP contribution in [0.25, 0.3) is 0 Å². The molecule has 0 atom stereocenters. The van der Waals surface area contributed by atoms with Gasteiger partial charge in [-0.2, -0.15) is 0 Å². The molecule has 110 valence electrons. The van der Waals surface area contributed by atoms with Crippen LogP contribution in [0, 0.1) is 0 Å². The fourth-order valence-corrected chi connectivity index (χ4v) is 4.02. The SMILES string of the molecule is CC(P=C1CC(=O)OC1=O)(c1ccccc1)c1ccccc1. The molecule has 0 aromatic heterocycles. The Morgan fingerprint density at radius 3 is 1.82 bits per heavy atom. The van der Waals surface area contributed by atoms with Crippen LogP contribution >= 0.6 is 8.20 Å². The normalized spacial score (nSPS) is 16.9. The fourth-order valence-electron chi connectivity index (χ4n) is 2.58. The lowest BCUT2D eigenvalue weighted by atomic mass is 9.92. The highest BCUT2D eigenvalue weighted by atomic mass is 31.1. The Balaban J connectivity index is 2.14. The van der Waals surface area contributed by atoms with Crippen LogP contribution in [0.5, 0.6) is 0 Å². The Bertz CT molecular complexity index is 696. The standard InChI is InChI=1S/C18H15O3P/c1-18(13-8-4-2-5-9-13,14-10-6-3-7-11-14)22-15-12-16(19)21-17(15)20/h2-11H,12H2,1H3. The highest BCUT2D eigenvalue weighted by Crippen LogP contribution is 2.43. The van der Waals surface area contributed by atoms with Gasteiger partial charge in [-0.25, -0.2) is 4.79 Å². The van der Waals surface area contributed by atoms with E-state index in [9.17, 15) is 9.59 Å². The van der Waals surface area contributed by atoms with Crippen LogP contribution in [-0.2, 0) is 19.5 Å². The first-order valence-electron chi connectivity index (χ1n) is 7.04. The third kappa shape index (κ3) is 2.72. The summed E-state index contributed by atoms with van der Waals surface area (Å²) in [5, 5.41) is 0.113. The first-order valence-corrected chi connectivity index (χ1v) is 7.94.